The molecule has 0 bridgehead atoms. The Morgan fingerprint density at radius 2 is 1.86 bits per heavy atom. The summed E-state index contributed by atoms with van der Waals surface area (Å²) in [4.78, 5) is 13.3. The van der Waals surface area contributed by atoms with Crippen molar-refractivity contribution in [2.24, 2.45) is 0 Å². The fourth-order valence-corrected chi connectivity index (χ4v) is 3.77. The van der Waals surface area contributed by atoms with Gasteiger partial charge in [-0.15, -0.1) is 11.3 Å². The molecule has 0 saturated heterocycles. The number of carbonyl (C=O) groups is 1. The maximum Gasteiger partial charge on any atom is 0.203 e. The van der Waals surface area contributed by atoms with Crippen LogP contribution in [0.5, 0.6) is 0 Å². The number of fused-ring (bicyclic) bond motifs is 1. The van der Waals surface area contributed by atoms with Gasteiger partial charge in [0.1, 0.15) is 5.82 Å². The first-order chi connectivity index (χ1) is 9.95. The number of carbonyl (C=O) groups excluding carboxylic acids is 1. The van der Waals surface area contributed by atoms with Crippen molar-refractivity contribution in [2.45, 2.75) is 13.8 Å². The minimum atomic E-state index is -0.279. The molecule has 0 spiro atoms. The van der Waals surface area contributed by atoms with Crippen LogP contribution in [0, 0.1) is 19.7 Å². The van der Waals surface area contributed by atoms with Crippen molar-refractivity contribution in [3.8, 4) is 0 Å². The van der Waals surface area contributed by atoms with Crippen molar-refractivity contribution in [2.75, 3.05) is 0 Å². The van der Waals surface area contributed by atoms with Crippen molar-refractivity contribution in [3.63, 3.8) is 0 Å². The Morgan fingerprint density at radius 1 is 1.10 bits per heavy atom. The highest BCUT2D eigenvalue weighted by Crippen LogP contribution is 2.30. The van der Waals surface area contributed by atoms with Crippen molar-refractivity contribution in [1.29, 1.82) is 0 Å². The standard InChI is InChI=1S/C17H12BrFOS/c1-9-6-14(18)10(2)5-13(9)17(20)16-7-11-3-4-12(19)8-15(11)21-16/h3-8H,1-2H3. The van der Waals surface area contributed by atoms with Gasteiger partial charge in [0.15, 0.2) is 0 Å². The van der Waals surface area contributed by atoms with E-state index >= 15 is 0 Å². The molecule has 3 aromatic rings. The van der Waals surface area contributed by atoms with E-state index < -0.39 is 0 Å². The van der Waals surface area contributed by atoms with Crippen LogP contribution in [0.1, 0.15) is 26.4 Å². The lowest BCUT2D eigenvalue weighted by atomic mass is 10.0. The lowest BCUT2D eigenvalue weighted by Gasteiger charge is -2.06. The molecule has 0 amide bonds. The van der Waals surface area contributed by atoms with Crippen LogP contribution in [0.4, 0.5) is 4.39 Å². The van der Waals surface area contributed by atoms with E-state index in [-0.39, 0.29) is 11.6 Å². The maximum absolute atomic E-state index is 13.2. The summed E-state index contributed by atoms with van der Waals surface area (Å²) >= 11 is 4.80. The molecule has 0 aliphatic carbocycles. The second-order valence-corrected chi connectivity index (χ2v) is 6.98. The number of halogens is 2. The fourth-order valence-electron chi connectivity index (χ4n) is 2.28. The van der Waals surface area contributed by atoms with Crippen molar-refractivity contribution >= 4 is 43.1 Å². The van der Waals surface area contributed by atoms with E-state index in [2.05, 4.69) is 15.9 Å². The molecule has 1 heterocycles. The molecule has 0 aliphatic rings. The summed E-state index contributed by atoms with van der Waals surface area (Å²) in [5.74, 6) is -0.288. The second-order valence-electron chi connectivity index (χ2n) is 5.04. The van der Waals surface area contributed by atoms with Gasteiger partial charge in [0.25, 0.3) is 0 Å². The Hall–Kier alpha value is -1.52. The number of hydrogen-bond donors (Lipinski definition) is 0. The van der Waals surface area contributed by atoms with Crippen LogP contribution in [-0.2, 0) is 0 Å². The summed E-state index contributed by atoms with van der Waals surface area (Å²) in [5, 5.41) is 0.899. The van der Waals surface area contributed by atoms with E-state index in [1.54, 1.807) is 6.07 Å². The molecule has 0 saturated carbocycles. The summed E-state index contributed by atoms with van der Waals surface area (Å²) in [6.45, 7) is 3.88. The SMILES string of the molecule is Cc1cc(C(=O)c2cc3ccc(F)cc3s2)c(C)cc1Br. The molecule has 0 radical (unpaired) electrons. The predicted octanol–water partition coefficient (Wildman–Crippen LogP) is 5.65. The van der Waals surface area contributed by atoms with E-state index in [1.165, 1.54) is 23.5 Å². The summed E-state index contributed by atoms with van der Waals surface area (Å²) in [7, 11) is 0. The Balaban J connectivity index is 2.10. The zero-order valence-corrected chi connectivity index (χ0v) is 13.9. The van der Waals surface area contributed by atoms with Crippen LogP contribution >= 0.6 is 27.3 Å². The van der Waals surface area contributed by atoms with Gasteiger partial charge in [-0.1, -0.05) is 22.0 Å². The van der Waals surface area contributed by atoms with E-state index in [0.717, 1.165) is 25.7 Å². The predicted molar refractivity (Wildman–Crippen MR) is 88.8 cm³/mol. The van der Waals surface area contributed by atoms with Crippen LogP contribution in [0.15, 0.2) is 40.9 Å². The monoisotopic (exact) mass is 362 g/mol. The van der Waals surface area contributed by atoms with Crippen LogP contribution < -0.4 is 0 Å². The third-order valence-corrected chi connectivity index (χ3v) is 5.41. The second kappa shape index (κ2) is 5.35. The fraction of sp³-hybridized carbons (Fsp3) is 0.118. The molecular formula is C17H12BrFOS. The van der Waals surface area contributed by atoms with Crippen LogP contribution in [0.25, 0.3) is 10.1 Å². The van der Waals surface area contributed by atoms with Crippen molar-refractivity contribution < 1.29 is 9.18 Å². The Labute approximate surface area is 134 Å². The average molecular weight is 363 g/mol. The van der Waals surface area contributed by atoms with E-state index in [0.29, 0.717) is 10.4 Å². The highest BCUT2D eigenvalue weighted by Gasteiger charge is 2.16. The minimum absolute atomic E-state index is 0.00953. The first-order valence-corrected chi connectivity index (χ1v) is 8.07. The molecular weight excluding hydrogens is 351 g/mol. The number of hydrogen-bond acceptors (Lipinski definition) is 2. The Morgan fingerprint density at radius 3 is 2.62 bits per heavy atom. The number of benzene rings is 2. The minimum Gasteiger partial charge on any atom is -0.288 e. The van der Waals surface area contributed by atoms with Gasteiger partial charge in [-0.2, -0.15) is 0 Å². The number of thiophene rings is 1. The molecule has 0 N–H and O–H groups in total. The third kappa shape index (κ3) is 2.65. The third-order valence-electron chi connectivity index (χ3n) is 3.46. The summed E-state index contributed by atoms with van der Waals surface area (Å²) in [5.41, 5.74) is 2.65. The van der Waals surface area contributed by atoms with Crippen LogP contribution in [0.3, 0.4) is 0 Å². The molecule has 21 heavy (non-hydrogen) atoms. The van der Waals surface area contributed by atoms with Gasteiger partial charge in [0, 0.05) is 14.7 Å². The lowest BCUT2D eigenvalue weighted by Crippen LogP contribution is -2.02. The molecule has 0 fully saturated rings. The van der Waals surface area contributed by atoms with E-state index in [9.17, 15) is 9.18 Å². The van der Waals surface area contributed by atoms with Crippen molar-refractivity contribution in [3.05, 3.63) is 68.3 Å². The first kappa shape index (κ1) is 14.4. The average Bonchev–Trinajstić information content (AvgIpc) is 2.85. The molecule has 2 aromatic carbocycles. The molecule has 0 atom stereocenters. The summed E-state index contributed by atoms with van der Waals surface area (Å²) < 4.78 is 15.0. The summed E-state index contributed by atoms with van der Waals surface area (Å²) in [6.07, 6.45) is 0. The van der Waals surface area contributed by atoms with Gasteiger partial charge < -0.3 is 0 Å². The smallest absolute Gasteiger partial charge is 0.203 e. The zero-order chi connectivity index (χ0) is 15.1. The Bertz CT molecular complexity index is 867. The quantitative estimate of drug-likeness (QED) is 0.538. The molecule has 1 aromatic heterocycles. The van der Waals surface area contributed by atoms with Crippen molar-refractivity contribution in [1.82, 2.24) is 0 Å². The molecule has 4 heteroatoms. The molecule has 106 valence electrons. The van der Waals surface area contributed by atoms with Gasteiger partial charge in [-0.25, -0.2) is 4.39 Å². The molecule has 0 aliphatic heterocycles. The molecule has 0 unspecified atom stereocenters. The van der Waals surface area contributed by atoms with Crippen LogP contribution in [0.2, 0.25) is 0 Å². The summed E-state index contributed by atoms with van der Waals surface area (Å²) in [6, 6.07) is 10.3. The van der Waals surface area contributed by atoms with Crippen LogP contribution in [-0.4, -0.2) is 5.78 Å². The highest BCUT2D eigenvalue weighted by atomic mass is 79.9. The largest absolute Gasteiger partial charge is 0.288 e. The van der Waals surface area contributed by atoms with Gasteiger partial charge in [0.05, 0.1) is 4.88 Å². The lowest BCUT2D eigenvalue weighted by molar-refractivity contribution is 0.104. The van der Waals surface area contributed by atoms with Gasteiger partial charge in [-0.05, 0) is 60.7 Å². The topological polar surface area (TPSA) is 17.1 Å². The van der Waals surface area contributed by atoms with Gasteiger partial charge >= 0.3 is 0 Å². The molecule has 3 rings (SSSR count). The number of ketones is 1. The maximum atomic E-state index is 13.2. The zero-order valence-electron chi connectivity index (χ0n) is 11.5. The number of aryl methyl sites for hydroxylation is 2. The highest BCUT2D eigenvalue weighted by molar-refractivity contribution is 9.10. The molecule has 1 nitrogen and oxygen atoms in total. The normalized spacial score (nSPS) is 11.0. The van der Waals surface area contributed by atoms with E-state index in [1.807, 2.05) is 32.0 Å². The van der Waals surface area contributed by atoms with E-state index in [4.69, 9.17) is 0 Å². The van der Waals surface area contributed by atoms with Gasteiger partial charge in [-0.3, -0.25) is 4.79 Å². The first-order valence-electron chi connectivity index (χ1n) is 6.46. The Kier molecular flexibility index (Phi) is 3.68. The van der Waals surface area contributed by atoms with Gasteiger partial charge in [0.2, 0.25) is 5.78 Å². The number of rotatable bonds is 2.